The van der Waals surface area contributed by atoms with Gasteiger partial charge in [-0.15, -0.1) is 0 Å². The van der Waals surface area contributed by atoms with Gasteiger partial charge >= 0.3 is 0 Å². The molecular weight excluding hydrogens is 264 g/mol. The van der Waals surface area contributed by atoms with E-state index in [0.717, 1.165) is 19.4 Å². The molecule has 1 aliphatic rings. The van der Waals surface area contributed by atoms with Gasteiger partial charge < -0.3 is 15.4 Å². The monoisotopic (exact) mass is 282 g/mol. The summed E-state index contributed by atoms with van der Waals surface area (Å²) in [6, 6.07) is 7.14. The fourth-order valence-electron chi connectivity index (χ4n) is 2.26. The van der Waals surface area contributed by atoms with E-state index in [-0.39, 0.29) is 11.9 Å². The topological polar surface area (TPSA) is 55.6 Å². The maximum atomic E-state index is 12.2. The number of amides is 1. The van der Waals surface area contributed by atoms with Crippen LogP contribution < -0.4 is 10.5 Å². The minimum absolute atomic E-state index is 0.0184. The van der Waals surface area contributed by atoms with Crippen LogP contribution in [-0.2, 0) is 4.79 Å². The van der Waals surface area contributed by atoms with E-state index in [1.807, 2.05) is 0 Å². The fourth-order valence-corrected chi connectivity index (χ4v) is 2.44. The third-order valence-electron chi connectivity index (χ3n) is 3.23. The molecule has 1 aliphatic heterocycles. The van der Waals surface area contributed by atoms with Gasteiger partial charge in [0.05, 0.1) is 0 Å². The molecule has 19 heavy (non-hydrogen) atoms. The highest BCUT2D eigenvalue weighted by molar-refractivity contribution is 6.30. The molecule has 1 aromatic rings. The van der Waals surface area contributed by atoms with Gasteiger partial charge in [0.1, 0.15) is 5.75 Å². The highest BCUT2D eigenvalue weighted by Gasteiger charge is 2.26. The summed E-state index contributed by atoms with van der Waals surface area (Å²) in [7, 11) is 0. The molecule has 2 atom stereocenters. The van der Waals surface area contributed by atoms with Crippen LogP contribution in [0.5, 0.6) is 5.75 Å². The lowest BCUT2D eigenvalue weighted by Crippen LogP contribution is -2.49. The molecule has 1 amide bonds. The fraction of sp³-hybridized carbons (Fsp3) is 0.500. The van der Waals surface area contributed by atoms with E-state index < -0.39 is 6.10 Å². The highest BCUT2D eigenvalue weighted by Crippen LogP contribution is 2.19. The third-order valence-corrected chi connectivity index (χ3v) is 3.46. The number of rotatable bonds is 3. The second-order valence-electron chi connectivity index (χ2n) is 4.90. The molecule has 0 aliphatic carbocycles. The average Bonchev–Trinajstić information content (AvgIpc) is 2.38. The van der Waals surface area contributed by atoms with Crippen LogP contribution in [0.25, 0.3) is 0 Å². The molecule has 1 fully saturated rings. The van der Waals surface area contributed by atoms with Crippen molar-refractivity contribution >= 4 is 17.5 Å². The van der Waals surface area contributed by atoms with Gasteiger partial charge in [0, 0.05) is 24.2 Å². The lowest BCUT2D eigenvalue weighted by molar-refractivity contribution is -0.139. The molecule has 0 aromatic heterocycles. The molecule has 0 bridgehead atoms. The van der Waals surface area contributed by atoms with Crippen molar-refractivity contribution in [1.82, 2.24) is 4.90 Å². The number of nitrogens with zero attached hydrogens (tertiary/aromatic N) is 1. The average molecular weight is 283 g/mol. The van der Waals surface area contributed by atoms with E-state index in [1.54, 1.807) is 36.1 Å². The number of nitrogens with two attached hydrogens (primary N) is 1. The van der Waals surface area contributed by atoms with E-state index >= 15 is 0 Å². The summed E-state index contributed by atoms with van der Waals surface area (Å²) < 4.78 is 5.63. The first-order valence-electron chi connectivity index (χ1n) is 6.53. The van der Waals surface area contributed by atoms with Crippen LogP contribution in [0.15, 0.2) is 24.3 Å². The lowest BCUT2D eigenvalue weighted by Gasteiger charge is -2.32. The van der Waals surface area contributed by atoms with E-state index in [1.165, 1.54) is 0 Å². The van der Waals surface area contributed by atoms with Crippen LogP contribution in [0.2, 0.25) is 5.02 Å². The Hall–Kier alpha value is -1.26. The minimum Gasteiger partial charge on any atom is -0.481 e. The molecule has 4 nitrogen and oxygen atoms in total. The van der Waals surface area contributed by atoms with E-state index in [0.29, 0.717) is 17.3 Å². The standard InChI is InChI=1S/C14H19ClN2O2/c1-10(19-13-6-2-4-11(15)8-13)14(18)17-7-3-5-12(16)9-17/h2,4,6,8,10,12H,3,5,7,9,16H2,1H3. The zero-order valence-corrected chi connectivity index (χ0v) is 11.8. The number of carbonyl (C=O) groups excluding carboxylic acids is 1. The van der Waals surface area contributed by atoms with Crippen LogP contribution in [0.3, 0.4) is 0 Å². The van der Waals surface area contributed by atoms with Crippen molar-refractivity contribution < 1.29 is 9.53 Å². The molecule has 0 radical (unpaired) electrons. The smallest absolute Gasteiger partial charge is 0.263 e. The number of likely N-dealkylation sites (tertiary alicyclic amines) is 1. The number of halogens is 1. The maximum Gasteiger partial charge on any atom is 0.263 e. The zero-order chi connectivity index (χ0) is 13.8. The first kappa shape index (κ1) is 14.2. The Balaban J connectivity index is 1.95. The molecule has 5 heteroatoms. The minimum atomic E-state index is -0.524. The number of piperidine rings is 1. The Morgan fingerprint density at radius 3 is 3.05 bits per heavy atom. The Bertz CT molecular complexity index is 453. The Kier molecular flexibility index (Phi) is 4.66. The molecule has 2 unspecified atom stereocenters. The van der Waals surface area contributed by atoms with E-state index in [2.05, 4.69) is 0 Å². The Labute approximate surface area is 118 Å². The van der Waals surface area contributed by atoms with Gasteiger partial charge in [-0.25, -0.2) is 0 Å². The summed E-state index contributed by atoms with van der Waals surface area (Å²) in [5.41, 5.74) is 5.88. The first-order valence-corrected chi connectivity index (χ1v) is 6.90. The maximum absolute atomic E-state index is 12.2. The highest BCUT2D eigenvalue weighted by atomic mass is 35.5. The summed E-state index contributed by atoms with van der Waals surface area (Å²) in [6.45, 7) is 3.13. The number of hydrogen-bond acceptors (Lipinski definition) is 3. The van der Waals surface area contributed by atoms with Crippen LogP contribution >= 0.6 is 11.6 Å². The summed E-state index contributed by atoms with van der Waals surface area (Å²) in [5.74, 6) is 0.588. The Morgan fingerprint density at radius 1 is 1.58 bits per heavy atom. The van der Waals surface area contributed by atoms with Gasteiger partial charge in [0.15, 0.2) is 6.10 Å². The zero-order valence-electron chi connectivity index (χ0n) is 11.0. The number of benzene rings is 1. The molecular formula is C14H19ClN2O2. The van der Waals surface area contributed by atoms with Crippen molar-refractivity contribution in [2.75, 3.05) is 13.1 Å². The summed E-state index contributed by atoms with van der Waals surface area (Å²) in [5, 5.41) is 0.595. The third kappa shape index (κ3) is 3.85. The van der Waals surface area contributed by atoms with Crippen molar-refractivity contribution in [3.8, 4) is 5.75 Å². The predicted octanol–water partition coefficient (Wildman–Crippen LogP) is 2.06. The second-order valence-corrected chi connectivity index (χ2v) is 5.34. The van der Waals surface area contributed by atoms with Crippen LogP contribution in [0.1, 0.15) is 19.8 Å². The van der Waals surface area contributed by atoms with Crippen molar-refractivity contribution in [2.24, 2.45) is 5.73 Å². The first-order chi connectivity index (χ1) is 9.06. The molecule has 2 rings (SSSR count). The van der Waals surface area contributed by atoms with Crippen molar-refractivity contribution in [3.63, 3.8) is 0 Å². The summed E-state index contributed by atoms with van der Waals surface area (Å²) in [4.78, 5) is 14.0. The summed E-state index contributed by atoms with van der Waals surface area (Å²) >= 11 is 5.88. The lowest BCUT2D eigenvalue weighted by atomic mass is 10.1. The van der Waals surface area contributed by atoms with Crippen molar-refractivity contribution in [1.29, 1.82) is 0 Å². The molecule has 1 saturated heterocycles. The SMILES string of the molecule is CC(Oc1cccc(Cl)c1)C(=O)N1CCCC(N)C1. The summed E-state index contributed by atoms with van der Waals surface area (Å²) in [6.07, 6.45) is 1.41. The van der Waals surface area contributed by atoms with Gasteiger partial charge in [-0.3, -0.25) is 4.79 Å². The quantitative estimate of drug-likeness (QED) is 0.923. The second kappa shape index (κ2) is 6.26. The van der Waals surface area contributed by atoms with Gasteiger partial charge in [-0.05, 0) is 38.0 Å². The predicted molar refractivity (Wildman–Crippen MR) is 75.3 cm³/mol. The molecule has 2 N–H and O–H groups in total. The largest absolute Gasteiger partial charge is 0.481 e. The van der Waals surface area contributed by atoms with Gasteiger partial charge in [0.2, 0.25) is 0 Å². The van der Waals surface area contributed by atoms with Crippen molar-refractivity contribution in [2.45, 2.75) is 31.9 Å². The van der Waals surface area contributed by atoms with Crippen LogP contribution in [0, 0.1) is 0 Å². The molecule has 1 aromatic carbocycles. The molecule has 0 spiro atoms. The van der Waals surface area contributed by atoms with Crippen molar-refractivity contribution in [3.05, 3.63) is 29.3 Å². The van der Waals surface area contributed by atoms with Crippen LogP contribution in [0.4, 0.5) is 0 Å². The normalized spacial score (nSPS) is 21.0. The van der Waals surface area contributed by atoms with Crippen LogP contribution in [-0.4, -0.2) is 36.0 Å². The molecule has 104 valence electrons. The van der Waals surface area contributed by atoms with Gasteiger partial charge in [-0.2, -0.15) is 0 Å². The number of ether oxygens (including phenoxy) is 1. The van der Waals surface area contributed by atoms with Gasteiger partial charge in [-0.1, -0.05) is 17.7 Å². The number of hydrogen-bond donors (Lipinski definition) is 1. The molecule has 1 heterocycles. The number of carbonyl (C=O) groups is 1. The Morgan fingerprint density at radius 2 is 2.37 bits per heavy atom. The van der Waals surface area contributed by atoms with Gasteiger partial charge in [0.25, 0.3) is 5.91 Å². The molecule has 0 saturated carbocycles. The van der Waals surface area contributed by atoms with E-state index in [9.17, 15) is 4.79 Å². The van der Waals surface area contributed by atoms with E-state index in [4.69, 9.17) is 22.1 Å².